The summed E-state index contributed by atoms with van der Waals surface area (Å²) in [5.74, 6) is -2.63. The van der Waals surface area contributed by atoms with E-state index in [4.69, 9.17) is 78.7 Å². The Morgan fingerprint density at radius 3 is 2.16 bits per heavy atom. The van der Waals surface area contributed by atoms with Crippen LogP contribution >= 0.6 is 28.4 Å². The highest BCUT2D eigenvalue weighted by Crippen LogP contribution is 2.44. The summed E-state index contributed by atoms with van der Waals surface area (Å²) in [4.78, 5) is 63.3. The van der Waals surface area contributed by atoms with Crippen molar-refractivity contribution in [2.24, 2.45) is 5.92 Å². The SMILES string of the molecule is N=Cc1c(NC2CCC(COP(O)CP(O)O)O2)nc(Cl)nc1N1CCC(C(=O)NCCOCCOCCOCCOCc2cn(CCOCCOCCOCCOCCC(=O)Oc3ccc(F)cc3F)nn2)C1. The molecule has 0 bridgehead atoms. The second-order valence-corrected chi connectivity index (χ2v) is 19.4. The van der Waals surface area contributed by atoms with Crippen LogP contribution in [0.25, 0.3) is 0 Å². The van der Waals surface area contributed by atoms with Gasteiger partial charge < -0.3 is 87.5 Å². The van der Waals surface area contributed by atoms with E-state index in [9.17, 15) is 23.3 Å². The van der Waals surface area contributed by atoms with Gasteiger partial charge in [-0.1, -0.05) is 5.21 Å². The third-order valence-corrected chi connectivity index (χ3v) is 13.2. The van der Waals surface area contributed by atoms with Gasteiger partial charge in [0.05, 0.1) is 155 Å². The normalized spacial score (nSPS) is 17.1. The Hall–Kier alpha value is -3.86. The van der Waals surface area contributed by atoms with Crippen LogP contribution in [0.5, 0.6) is 5.75 Å². The predicted molar refractivity (Wildman–Crippen MR) is 263 cm³/mol. The van der Waals surface area contributed by atoms with Gasteiger partial charge in [0.15, 0.2) is 28.3 Å². The van der Waals surface area contributed by atoms with E-state index in [0.717, 1.165) is 18.3 Å². The van der Waals surface area contributed by atoms with Gasteiger partial charge in [-0.3, -0.25) is 9.59 Å². The lowest BCUT2D eigenvalue weighted by Crippen LogP contribution is -2.35. The molecule has 1 aromatic carbocycles. The average Bonchev–Trinajstić information content (AvgIpc) is 4.16. The maximum absolute atomic E-state index is 13.6. The summed E-state index contributed by atoms with van der Waals surface area (Å²) in [7, 11) is -4.21. The first kappa shape index (κ1) is 61.0. The van der Waals surface area contributed by atoms with Crippen LogP contribution in [-0.4, -0.2) is 201 Å². The fraction of sp³-hybridized carbons (Fsp3) is 0.659. The second-order valence-electron chi connectivity index (χ2n) is 16.2. The molecule has 1 amide bonds. The molecule has 3 aromatic rings. The van der Waals surface area contributed by atoms with Crippen molar-refractivity contribution in [1.82, 2.24) is 30.3 Å². The second kappa shape index (κ2) is 35.5. The van der Waals surface area contributed by atoms with Gasteiger partial charge >= 0.3 is 5.97 Å². The van der Waals surface area contributed by atoms with Crippen molar-refractivity contribution in [3.8, 4) is 5.75 Å². The number of carbonyl (C=O) groups excluding carboxylic acids is 2. The van der Waals surface area contributed by atoms with Gasteiger partial charge in [0.1, 0.15) is 29.4 Å². The van der Waals surface area contributed by atoms with Crippen LogP contribution in [0.1, 0.15) is 36.9 Å². The van der Waals surface area contributed by atoms with Gasteiger partial charge in [-0.2, -0.15) is 9.97 Å². The van der Waals surface area contributed by atoms with E-state index in [0.29, 0.717) is 160 Å². The van der Waals surface area contributed by atoms with Gasteiger partial charge in [-0.25, -0.2) is 13.5 Å². The minimum absolute atomic E-state index is 0.0279. The van der Waals surface area contributed by atoms with E-state index in [1.165, 1.54) is 0 Å². The van der Waals surface area contributed by atoms with Gasteiger partial charge in [0, 0.05) is 31.9 Å². The molecule has 2 saturated heterocycles. The molecule has 4 atom stereocenters. The Morgan fingerprint density at radius 2 is 1.50 bits per heavy atom. The standard InChI is InChI=1S/C44H66ClF2N9O16P2/c45-44-51-41(50-39-4-2-35(71-39)30-70-74(61)31-73(59)60)36(26-48)42(52-44)55-8-5-32(27-55)43(58)49-7-11-63-14-17-66-21-22-68-23-24-69-29-34-28-56(54-53-34)9-12-64-15-18-67-20-19-65-16-13-62-10-6-40(57)72-38-3-1-33(46)25-37(38)47/h1,3,25-26,28,32,35,39,48,59-61H,2,4-24,27,29-31H2,(H,49,58)(H,50,51,52). The Kier molecular flexibility index (Phi) is 29.2. The number of esters is 1. The van der Waals surface area contributed by atoms with E-state index in [1.807, 2.05) is 4.90 Å². The van der Waals surface area contributed by atoms with Gasteiger partial charge in [-0.05, 0) is 43.0 Å². The van der Waals surface area contributed by atoms with Crippen molar-refractivity contribution in [3.05, 3.63) is 52.6 Å². The highest BCUT2D eigenvalue weighted by molar-refractivity contribution is 7.63. The third kappa shape index (κ3) is 24.0. The number of anilines is 2. The number of hydrogen-bond donors (Lipinski definition) is 6. The quantitative estimate of drug-likeness (QED) is 0.0119. The number of halogens is 3. The molecule has 2 aromatic heterocycles. The lowest BCUT2D eigenvalue weighted by molar-refractivity contribution is -0.136. The highest BCUT2D eigenvalue weighted by atomic mass is 35.5. The maximum atomic E-state index is 13.6. The van der Waals surface area contributed by atoms with Gasteiger partial charge in [0.25, 0.3) is 0 Å². The zero-order valence-electron chi connectivity index (χ0n) is 40.9. The number of hydrogen-bond acceptors (Lipinski definition) is 23. The van der Waals surface area contributed by atoms with Crippen LogP contribution in [0.15, 0.2) is 24.4 Å². The summed E-state index contributed by atoms with van der Waals surface area (Å²) in [6.07, 6.45) is 3.82. The van der Waals surface area contributed by atoms with Crippen molar-refractivity contribution >= 4 is 58.1 Å². The summed E-state index contributed by atoms with van der Waals surface area (Å²) in [6.45, 7) is 7.23. The number of nitrogens with zero attached hydrogens (tertiary/aromatic N) is 6. The fourth-order valence-electron chi connectivity index (χ4n) is 7.04. The highest BCUT2D eigenvalue weighted by Gasteiger charge is 2.33. The summed E-state index contributed by atoms with van der Waals surface area (Å²) >= 11 is 6.31. The molecule has 30 heteroatoms. The van der Waals surface area contributed by atoms with Crippen LogP contribution in [-0.2, 0) is 69.9 Å². The number of carbonyl (C=O) groups is 2. The molecule has 2 aliphatic heterocycles. The van der Waals surface area contributed by atoms with E-state index in [1.54, 1.807) is 10.9 Å². The molecule has 5 rings (SSSR count). The third-order valence-electron chi connectivity index (χ3n) is 10.6. The lowest BCUT2D eigenvalue weighted by atomic mass is 10.1. The molecule has 25 nitrogen and oxygen atoms in total. The minimum atomic E-state index is -2.25. The van der Waals surface area contributed by atoms with Crippen LogP contribution in [0.4, 0.5) is 20.4 Å². The molecule has 414 valence electrons. The van der Waals surface area contributed by atoms with Crippen molar-refractivity contribution in [1.29, 1.82) is 5.41 Å². The zero-order chi connectivity index (χ0) is 52.8. The van der Waals surface area contributed by atoms with Crippen molar-refractivity contribution in [2.75, 3.05) is 141 Å². The summed E-state index contributed by atoms with van der Waals surface area (Å²) in [5.41, 5.74) is 1.08. The molecule has 2 fully saturated rings. The molecule has 0 spiro atoms. The molecule has 6 N–H and O–H groups in total. The van der Waals surface area contributed by atoms with Crippen LogP contribution in [0.3, 0.4) is 0 Å². The number of rotatable bonds is 40. The molecule has 0 saturated carbocycles. The molecule has 4 unspecified atom stereocenters. The Bertz CT molecular complexity index is 2120. The van der Waals surface area contributed by atoms with Crippen molar-refractivity contribution in [3.63, 3.8) is 0 Å². The zero-order valence-corrected chi connectivity index (χ0v) is 43.4. The van der Waals surface area contributed by atoms with Crippen LogP contribution < -0.4 is 20.3 Å². The van der Waals surface area contributed by atoms with Gasteiger partial charge in [-0.15, -0.1) is 5.10 Å². The molecular formula is C44H66ClF2N9O16P2. The van der Waals surface area contributed by atoms with E-state index in [-0.39, 0.29) is 67.7 Å². The molecule has 4 heterocycles. The number of ether oxygens (including phenoxy) is 10. The first-order valence-electron chi connectivity index (χ1n) is 23.9. The van der Waals surface area contributed by atoms with E-state index < -0.39 is 40.6 Å². The van der Waals surface area contributed by atoms with Gasteiger partial charge in [0.2, 0.25) is 11.2 Å². The summed E-state index contributed by atoms with van der Waals surface area (Å²) < 4.78 is 88.5. The smallest absolute Gasteiger partial charge is 0.313 e. The van der Waals surface area contributed by atoms with Crippen molar-refractivity contribution in [2.45, 2.75) is 51.2 Å². The minimum Gasteiger partial charge on any atom is -0.423 e. The molecule has 74 heavy (non-hydrogen) atoms. The van der Waals surface area contributed by atoms with E-state index in [2.05, 4.69) is 30.9 Å². The maximum Gasteiger partial charge on any atom is 0.313 e. The molecule has 0 aliphatic carbocycles. The molecular weight excluding hydrogens is 1050 g/mol. The monoisotopic (exact) mass is 1110 g/mol. The van der Waals surface area contributed by atoms with Crippen LogP contribution in [0.2, 0.25) is 5.28 Å². The topological polar surface area (TPSA) is 304 Å². The largest absolute Gasteiger partial charge is 0.423 e. The number of aromatic nitrogens is 5. The summed E-state index contributed by atoms with van der Waals surface area (Å²) in [5, 5.41) is 22.4. The Balaban J connectivity index is 0.774. The average molecular weight is 1110 g/mol. The van der Waals surface area contributed by atoms with Crippen LogP contribution in [0, 0.1) is 23.0 Å². The Morgan fingerprint density at radius 1 is 0.851 bits per heavy atom. The first-order chi connectivity index (χ1) is 36.0. The summed E-state index contributed by atoms with van der Waals surface area (Å²) in [6, 6.07) is 2.69. The number of benzene rings is 1. The molecule has 0 radical (unpaired) electrons. The Labute approximate surface area is 434 Å². The fourth-order valence-corrected chi connectivity index (χ4v) is 8.73. The lowest BCUT2D eigenvalue weighted by Gasteiger charge is -2.23. The van der Waals surface area contributed by atoms with Crippen molar-refractivity contribution < 1.29 is 84.9 Å². The first-order valence-corrected chi connectivity index (χ1v) is 27.1. The number of amides is 1. The van der Waals surface area contributed by atoms with E-state index >= 15 is 0 Å². The predicted octanol–water partition coefficient (Wildman–Crippen LogP) is 2.76. The molecule has 2 aliphatic rings. The number of nitrogens with one attached hydrogen (secondary N) is 3.